The molecule has 118 valence electrons. The molecule has 0 aliphatic rings. The van der Waals surface area contributed by atoms with Gasteiger partial charge in [-0.2, -0.15) is 0 Å². The van der Waals surface area contributed by atoms with Crippen molar-refractivity contribution in [2.75, 3.05) is 16.0 Å². The van der Waals surface area contributed by atoms with E-state index in [1.807, 2.05) is 6.92 Å². The summed E-state index contributed by atoms with van der Waals surface area (Å²) >= 11 is 0. The average Bonchev–Trinajstić information content (AvgIpc) is 2.49. The van der Waals surface area contributed by atoms with Crippen LogP contribution in [0.1, 0.15) is 12.5 Å². The highest BCUT2D eigenvalue weighted by Gasteiger charge is 2.27. The van der Waals surface area contributed by atoms with Crippen molar-refractivity contribution in [3.63, 3.8) is 0 Å². The minimum absolute atomic E-state index is 0.251. The third-order valence-corrected chi connectivity index (χ3v) is 3.15. The minimum Gasteiger partial charge on any atom is -0.399 e. The number of nitrogens with one attached hydrogen (secondary N) is 1. The molecule has 2 aromatic rings. The van der Waals surface area contributed by atoms with Crippen LogP contribution in [0.25, 0.3) is 0 Å². The first-order valence-corrected chi connectivity index (χ1v) is 6.96. The summed E-state index contributed by atoms with van der Waals surface area (Å²) in [6.45, 7) is 3.12. The van der Waals surface area contributed by atoms with Gasteiger partial charge in [-0.3, -0.25) is 14.4 Å². The Kier molecular flexibility index (Phi) is 4.75. The van der Waals surface area contributed by atoms with Gasteiger partial charge in [-0.05, 0) is 37.3 Å². The van der Waals surface area contributed by atoms with E-state index in [1.165, 1.54) is 19.1 Å². The third kappa shape index (κ3) is 3.94. The van der Waals surface area contributed by atoms with Gasteiger partial charge in [0.25, 0.3) is 0 Å². The number of carbonyl (C=O) groups excluding carboxylic acids is 3. The van der Waals surface area contributed by atoms with Crippen LogP contribution in [0.5, 0.6) is 0 Å². The SMILES string of the molecule is CC(=O)N(C(=O)C(=O)Nc1ccc(C)cc1)c1cccc(N)c1. The molecule has 3 N–H and O–H groups in total. The summed E-state index contributed by atoms with van der Waals surface area (Å²) in [6.07, 6.45) is 0. The Bertz CT molecular complexity index is 754. The summed E-state index contributed by atoms with van der Waals surface area (Å²) in [5.41, 5.74) is 7.81. The molecule has 0 saturated carbocycles. The molecular weight excluding hydrogens is 294 g/mol. The summed E-state index contributed by atoms with van der Waals surface area (Å²) < 4.78 is 0. The zero-order valence-corrected chi connectivity index (χ0v) is 12.9. The average molecular weight is 311 g/mol. The maximum atomic E-state index is 12.3. The van der Waals surface area contributed by atoms with Crippen LogP contribution in [0.15, 0.2) is 48.5 Å². The molecule has 0 atom stereocenters. The monoisotopic (exact) mass is 311 g/mol. The van der Waals surface area contributed by atoms with Gasteiger partial charge in [0.1, 0.15) is 0 Å². The summed E-state index contributed by atoms with van der Waals surface area (Å²) in [4.78, 5) is 37.0. The maximum Gasteiger partial charge on any atom is 0.323 e. The summed E-state index contributed by atoms with van der Waals surface area (Å²) in [5, 5.41) is 2.48. The first kappa shape index (κ1) is 16.2. The number of hydrogen-bond acceptors (Lipinski definition) is 4. The molecule has 6 heteroatoms. The Morgan fingerprint density at radius 2 is 1.70 bits per heavy atom. The lowest BCUT2D eigenvalue weighted by Crippen LogP contribution is -2.42. The van der Waals surface area contributed by atoms with Gasteiger partial charge < -0.3 is 11.1 Å². The fourth-order valence-electron chi connectivity index (χ4n) is 2.03. The van der Waals surface area contributed by atoms with Crippen LogP contribution >= 0.6 is 0 Å². The van der Waals surface area contributed by atoms with Crippen molar-refractivity contribution in [1.29, 1.82) is 0 Å². The normalized spacial score (nSPS) is 10.0. The van der Waals surface area contributed by atoms with Gasteiger partial charge >= 0.3 is 11.8 Å². The molecular formula is C17H17N3O3. The molecule has 0 aromatic heterocycles. The van der Waals surface area contributed by atoms with Crippen molar-refractivity contribution < 1.29 is 14.4 Å². The van der Waals surface area contributed by atoms with E-state index in [9.17, 15) is 14.4 Å². The predicted octanol–water partition coefficient (Wildman–Crippen LogP) is 2.10. The fourth-order valence-corrected chi connectivity index (χ4v) is 2.03. The van der Waals surface area contributed by atoms with Crippen molar-refractivity contribution in [1.82, 2.24) is 0 Å². The first-order valence-electron chi connectivity index (χ1n) is 6.96. The Hall–Kier alpha value is -3.15. The molecule has 2 aromatic carbocycles. The number of nitrogen functional groups attached to an aromatic ring is 1. The minimum atomic E-state index is -0.969. The van der Waals surface area contributed by atoms with Crippen LogP contribution in [0.3, 0.4) is 0 Å². The molecule has 2 rings (SSSR count). The van der Waals surface area contributed by atoms with Crippen molar-refractivity contribution in [2.45, 2.75) is 13.8 Å². The van der Waals surface area contributed by atoms with Gasteiger partial charge in [0, 0.05) is 18.3 Å². The Morgan fingerprint density at radius 1 is 1.04 bits per heavy atom. The van der Waals surface area contributed by atoms with Crippen molar-refractivity contribution in [3.8, 4) is 0 Å². The molecule has 0 fully saturated rings. The third-order valence-electron chi connectivity index (χ3n) is 3.15. The highest BCUT2D eigenvalue weighted by atomic mass is 16.2. The van der Waals surface area contributed by atoms with Crippen molar-refractivity contribution in [2.24, 2.45) is 0 Å². The Balaban J connectivity index is 2.22. The number of hydrogen-bond donors (Lipinski definition) is 2. The quantitative estimate of drug-likeness (QED) is 0.656. The van der Waals surface area contributed by atoms with Crippen LogP contribution in [0.2, 0.25) is 0 Å². The summed E-state index contributed by atoms with van der Waals surface area (Å²) in [5.74, 6) is -2.44. The number of aryl methyl sites for hydroxylation is 1. The molecule has 0 heterocycles. The zero-order chi connectivity index (χ0) is 17.0. The molecule has 0 unspecified atom stereocenters. The van der Waals surface area contributed by atoms with Gasteiger partial charge in [-0.15, -0.1) is 0 Å². The lowest BCUT2D eigenvalue weighted by atomic mass is 10.2. The molecule has 0 saturated heterocycles. The van der Waals surface area contributed by atoms with Crippen LogP contribution in [-0.4, -0.2) is 17.7 Å². The summed E-state index contributed by atoms with van der Waals surface area (Å²) in [7, 11) is 0. The summed E-state index contributed by atoms with van der Waals surface area (Å²) in [6, 6.07) is 13.2. The lowest BCUT2D eigenvalue weighted by Gasteiger charge is -2.19. The van der Waals surface area contributed by atoms with Gasteiger partial charge in [-0.25, -0.2) is 4.90 Å². The van der Waals surface area contributed by atoms with Gasteiger partial charge in [-0.1, -0.05) is 23.8 Å². The van der Waals surface area contributed by atoms with Gasteiger partial charge in [0.05, 0.1) is 5.69 Å². The number of imide groups is 1. The number of nitrogens with two attached hydrogens (primary N) is 1. The molecule has 0 aliphatic heterocycles. The number of nitrogens with zero attached hydrogens (tertiary/aromatic N) is 1. The van der Waals surface area contributed by atoms with E-state index in [-0.39, 0.29) is 5.69 Å². The van der Waals surface area contributed by atoms with Crippen molar-refractivity contribution in [3.05, 3.63) is 54.1 Å². The predicted molar refractivity (Wildman–Crippen MR) is 88.8 cm³/mol. The number of amides is 3. The lowest BCUT2D eigenvalue weighted by molar-refractivity contribution is -0.136. The van der Waals surface area contributed by atoms with Crippen LogP contribution in [-0.2, 0) is 14.4 Å². The first-order chi connectivity index (χ1) is 10.9. The number of rotatable bonds is 2. The second-order valence-electron chi connectivity index (χ2n) is 5.07. The highest BCUT2D eigenvalue weighted by molar-refractivity contribution is 6.48. The van der Waals surface area contributed by atoms with E-state index in [0.29, 0.717) is 11.4 Å². The van der Waals surface area contributed by atoms with E-state index >= 15 is 0 Å². The Labute approximate surface area is 133 Å². The second kappa shape index (κ2) is 6.74. The van der Waals surface area contributed by atoms with E-state index < -0.39 is 17.7 Å². The number of benzene rings is 2. The topological polar surface area (TPSA) is 92.5 Å². The molecule has 0 bridgehead atoms. The fraction of sp³-hybridized carbons (Fsp3) is 0.118. The number of carbonyl (C=O) groups is 3. The molecule has 0 radical (unpaired) electrons. The maximum absolute atomic E-state index is 12.3. The van der Waals surface area contributed by atoms with Crippen LogP contribution in [0.4, 0.5) is 17.1 Å². The molecule has 6 nitrogen and oxygen atoms in total. The van der Waals surface area contributed by atoms with E-state index in [4.69, 9.17) is 5.73 Å². The van der Waals surface area contributed by atoms with Gasteiger partial charge in [0.15, 0.2) is 0 Å². The smallest absolute Gasteiger partial charge is 0.323 e. The van der Waals surface area contributed by atoms with Gasteiger partial charge in [0.2, 0.25) is 5.91 Å². The molecule has 0 aliphatic carbocycles. The Morgan fingerprint density at radius 3 is 2.26 bits per heavy atom. The zero-order valence-electron chi connectivity index (χ0n) is 12.9. The van der Waals surface area contributed by atoms with E-state index in [2.05, 4.69) is 5.32 Å². The van der Waals surface area contributed by atoms with Crippen LogP contribution < -0.4 is 16.0 Å². The van der Waals surface area contributed by atoms with E-state index in [1.54, 1.807) is 36.4 Å². The van der Waals surface area contributed by atoms with E-state index in [0.717, 1.165) is 10.5 Å². The van der Waals surface area contributed by atoms with Crippen LogP contribution in [0, 0.1) is 6.92 Å². The largest absolute Gasteiger partial charge is 0.399 e. The second-order valence-corrected chi connectivity index (χ2v) is 5.07. The molecule has 23 heavy (non-hydrogen) atoms. The van der Waals surface area contributed by atoms with Crippen molar-refractivity contribution >= 4 is 34.8 Å². The highest BCUT2D eigenvalue weighted by Crippen LogP contribution is 2.18. The standard InChI is InChI=1S/C17H17N3O3/c1-11-6-8-14(9-7-11)19-16(22)17(23)20(12(2)21)15-5-3-4-13(18)10-15/h3-10H,18H2,1-2H3,(H,19,22). The molecule has 0 spiro atoms. The molecule has 3 amide bonds. The number of anilines is 3.